The van der Waals surface area contributed by atoms with Gasteiger partial charge in [0, 0.05) is 19.1 Å². The molecule has 22 heavy (non-hydrogen) atoms. The van der Waals surface area contributed by atoms with Gasteiger partial charge in [0.2, 0.25) is 0 Å². The van der Waals surface area contributed by atoms with Gasteiger partial charge in [0.25, 0.3) is 0 Å². The first-order valence-electron chi connectivity index (χ1n) is 8.20. The Kier molecular flexibility index (Phi) is 6.01. The number of nitrogens with two attached hydrogens (primary N) is 1. The third-order valence-electron chi connectivity index (χ3n) is 4.40. The van der Waals surface area contributed by atoms with E-state index < -0.39 is 15.1 Å². The molecule has 0 aromatic heterocycles. The van der Waals surface area contributed by atoms with E-state index in [4.69, 9.17) is 5.73 Å². The number of piperidine rings is 1. The minimum absolute atomic E-state index is 0.0337. The van der Waals surface area contributed by atoms with Gasteiger partial charge in [-0.2, -0.15) is 0 Å². The predicted molar refractivity (Wildman–Crippen MR) is 90.5 cm³/mol. The molecule has 1 aromatic carbocycles. The molecule has 2 N–H and O–H groups in total. The number of benzene rings is 1. The van der Waals surface area contributed by atoms with Crippen LogP contribution in [0.1, 0.15) is 33.1 Å². The molecule has 0 amide bonds. The predicted octanol–water partition coefficient (Wildman–Crippen LogP) is 2.30. The van der Waals surface area contributed by atoms with Crippen LogP contribution >= 0.6 is 0 Å². The molecule has 124 valence electrons. The van der Waals surface area contributed by atoms with E-state index in [0.717, 1.165) is 32.4 Å². The van der Waals surface area contributed by atoms with E-state index in [1.54, 1.807) is 24.3 Å². The highest BCUT2D eigenvalue weighted by atomic mass is 32.2. The summed E-state index contributed by atoms with van der Waals surface area (Å²) in [7, 11) is -3.39. The summed E-state index contributed by atoms with van der Waals surface area (Å²) in [6.07, 6.45) is 3.15. The van der Waals surface area contributed by atoms with Gasteiger partial charge in [0.1, 0.15) is 0 Å². The van der Waals surface area contributed by atoms with Gasteiger partial charge in [-0.1, -0.05) is 38.5 Å². The normalized spacial score (nSPS) is 21.9. The van der Waals surface area contributed by atoms with Gasteiger partial charge in [-0.25, -0.2) is 8.42 Å². The molecular formula is C17H28N2O2S. The molecule has 1 fully saturated rings. The largest absolute Gasteiger partial charge is 0.329 e. The Morgan fingerprint density at radius 3 is 2.50 bits per heavy atom. The lowest BCUT2D eigenvalue weighted by molar-refractivity contribution is 0.128. The van der Waals surface area contributed by atoms with E-state index in [1.165, 1.54) is 0 Å². The van der Waals surface area contributed by atoms with Gasteiger partial charge in [-0.3, -0.25) is 4.90 Å². The molecule has 1 saturated heterocycles. The second kappa shape index (κ2) is 7.57. The number of sulfone groups is 1. The number of likely N-dealkylation sites (tertiary alicyclic amines) is 1. The zero-order valence-electron chi connectivity index (χ0n) is 13.6. The van der Waals surface area contributed by atoms with Crippen molar-refractivity contribution in [2.45, 2.75) is 49.3 Å². The maximum Gasteiger partial charge on any atom is 0.184 e. The lowest BCUT2D eigenvalue weighted by Crippen LogP contribution is -2.53. The maximum absolute atomic E-state index is 13.0. The van der Waals surface area contributed by atoms with Crippen LogP contribution in [0.15, 0.2) is 35.2 Å². The Morgan fingerprint density at radius 1 is 1.23 bits per heavy atom. The molecular weight excluding hydrogens is 296 g/mol. The first kappa shape index (κ1) is 17.4. The molecule has 0 aliphatic carbocycles. The highest BCUT2D eigenvalue weighted by Gasteiger charge is 2.38. The zero-order valence-corrected chi connectivity index (χ0v) is 14.4. The standard InChI is InChI=1S/C17H28N2O2S/c1-14(2)13-19-11-7-6-10-16(19)17(12-18)22(20,21)15-8-4-3-5-9-15/h3-5,8-9,14,16-17H,6-7,10-13,18H2,1-2H3. The Bertz CT molecular complexity index is 557. The van der Waals surface area contributed by atoms with Crippen LogP contribution in [0.4, 0.5) is 0 Å². The van der Waals surface area contributed by atoms with Crippen molar-refractivity contribution in [2.24, 2.45) is 11.7 Å². The lowest BCUT2D eigenvalue weighted by atomic mass is 9.97. The summed E-state index contributed by atoms with van der Waals surface area (Å²) in [4.78, 5) is 2.73. The molecule has 2 atom stereocenters. The molecule has 2 unspecified atom stereocenters. The van der Waals surface area contributed by atoms with Gasteiger partial charge in [0.15, 0.2) is 9.84 Å². The minimum Gasteiger partial charge on any atom is -0.329 e. The number of hydrogen-bond acceptors (Lipinski definition) is 4. The number of hydrogen-bond donors (Lipinski definition) is 1. The average molecular weight is 324 g/mol. The van der Waals surface area contributed by atoms with Crippen molar-refractivity contribution in [3.8, 4) is 0 Å². The molecule has 0 saturated carbocycles. The van der Waals surface area contributed by atoms with E-state index in [2.05, 4.69) is 18.7 Å². The Labute approximate surface area is 134 Å². The van der Waals surface area contributed by atoms with E-state index in [-0.39, 0.29) is 12.6 Å². The minimum atomic E-state index is -3.39. The van der Waals surface area contributed by atoms with Gasteiger partial charge >= 0.3 is 0 Å². The average Bonchev–Trinajstić information content (AvgIpc) is 2.50. The summed E-state index contributed by atoms with van der Waals surface area (Å²) in [6, 6.07) is 8.76. The Hall–Kier alpha value is -0.910. The molecule has 1 aliphatic heterocycles. The molecule has 0 radical (unpaired) electrons. The Balaban J connectivity index is 2.29. The van der Waals surface area contributed by atoms with Crippen LogP contribution in [0.2, 0.25) is 0 Å². The van der Waals surface area contributed by atoms with E-state index >= 15 is 0 Å². The number of rotatable bonds is 6. The summed E-state index contributed by atoms with van der Waals surface area (Å²) in [5.74, 6) is 0.526. The van der Waals surface area contributed by atoms with Crippen LogP contribution in [-0.4, -0.2) is 44.2 Å². The molecule has 1 aliphatic rings. The van der Waals surface area contributed by atoms with Crippen molar-refractivity contribution in [1.82, 2.24) is 4.90 Å². The second-order valence-electron chi connectivity index (χ2n) is 6.58. The lowest BCUT2D eigenvalue weighted by Gasteiger charge is -2.40. The summed E-state index contributed by atoms with van der Waals surface area (Å²) in [5.41, 5.74) is 5.91. The molecule has 0 spiro atoms. The SMILES string of the molecule is CC(C)CN1CCCCC1C(CN)S(=O)(=O)c1ccccc1. The van der Waals surface area contributed by atoms with E-state index in [1.807, 2.05) is 6.07 Å². The van der Waals surface area contributed by atoms with Gasteiger partial charge in [-0.05, 0) is 37.4 Å². The smallest absolute Gasteiger partial charge is 0.184 e. The fourth-order valence-corrected chi connectivity index (χ4v) is 5.27. The van der Waals surface area contributed by atoms with Crippen LogP contribution in [0.5, 0.6) is 0 Å². The third kappa shape index (κ3) is 3.89. The third-order valence-corrected chi connectivity index (χ3v) is 6.63. The second-order valence-corrected chi connectivity index (χ2v) is 8.75. The molecule has 0 bridgehead atoms. The van der Waals surface area contributed by atoms with Crippen molar-refractivity contribution in [3.05, 3.63) is 30.3 Å². The Morgan fingerprint density at radius 2 is 1.91 bits per heavy atom. The quantitative estimate of drug-likeness (QED) is 0.872. The number of nitrogens with zero attached hydrogens (tertiary/aromatic N) is 1. The van der Waals surface area contributed by atoms with Crippen LogP contribution in [0.3, 0.4) is 0 Å². The first-order chi connectivity index (χ1) is 10.5. The van der Waals surface area contributed by atoms with Crippen molar-refractivity contribution >= 4 is 9.84 Å². The fourth-order valence-electron chi connectivity index (χ4n) is 3.41. The van der Waals surface area contributed by atoms with Crippen molar-refractivity contribution in [2.75, 3.05) is 19.6 Å². The zero-order chi connectivity index (χ0) is 16.2. The summed E-state index contributed by atoms with van der Waals surface area (Å²) >= 11 is 0. The van der Waals surface area contributed by atoms with E-state index in [0.29, 0.717) is 10.8 Å². The van der Waals surface area contributed by atoms with Gasteiger partial charge in [-0.15, -0.1) is 0 Å². The van der Waals surface area contributed by atoms with Crippen LogP contribution in [0.25, 0.3) is 0 Å². The van der Waals surface area contributed by atoms with Crippen LogP contribution in [-0.2, 0) is 9.84 Å². The van der Waals surface area contributed by atoms with Gasteiger partial charge in [0.05, 0.1) is 10.1 Å². The fraction of sp³-hybridized carbons (Fsp3) is 0.647. The summed E-state index contributed by atoms with van der Waals surface area (Å²) < 4.78 is 26.0. The highest BCUT2D eigenvalue weighted by molar-refractivity contribution is 7.92. The van der Waals surface area contributed by atoms with Crippen LogP contribution in [0, 0.1) is 5.92 Å². The first-order valence-corrected chi connectivity index (χ1v) is 9.74. The van der Waals surface area contributed by atoms with Gasteiger partial charge < -0.3 is 5.73 Å². The highest BCUT2D eigenvalue weighted by Crippen LogP contribution is 2.27. The molecule has 5 heteroatoms. The topological polar surface area (TPSA) is 63.4 Å². The monoisotopic (exact) mass is 324 g/mol. The molecule has 1 heterocycles. The maximum atomic E-state index is 13.0. The molecule has 1 aromatic rings. The molecule has 4 nitrogen and oxygen atoms in total. The van der Waals surface area contributed by atoms with Crippen molar-refractivity contribution in [3.63, 3.8) is 0 Å². The summed E-state index contributed by atoms with van der Waals surface area (Å²) in [5, 5.41) is -0.519. The van der Waals surface area contributed by atoms with Crippen LogP contribution < -0.4 is 5.73 Å². The van der Waals surface area contributed by atoms with Crippen molar-refractivity contribution < 1.29 is 8.42 Å². The summed E-state index contributed by atoms with van der Waals surface area (Å²) in [6.45, 7) is 6.44. The van der Waals surface area contributed by atoms with E-state index in [9.17, 15) is 8.42 Å². The van der Waals surface area contributed by atoms with Crippen molar-refractivity contribution in [1.29, 1.82) is 0 Å². The molecule has 2 rings (SSSR count).